The molecule has 1 aromatic carbocycles. The number of hydrogen-bond donors (Lipinski definition) is 2. The highest BCUT2D eigenvalue weighted by Crippen LogP contribution is 2.52. The molecular formula is C15H14Cl2N2O2. The first-order valence-electron chi connectivity index (χ1n) is 6.61. The van der Waals surface area contributed by atoms with E-state index in [-0.39, 0.29) is 0 Å². The van der Waals surface area contributed by atoms with E-state index in [0.717, 1.165) is 5.56 Å². The van der Waals surface area contributed by atoms with Crippen LogP contribution >= 0.6 is 23.2 Å². The third kappa shape index (κ3) is 2.53. The second-order valence-electron chi connectivity index (χ2n) is 5.36. The van der Waals surface area contributed by atoms with Crippen molar-refractivity contribution in [2.24, 2.45) is 0 Å². The van der Waals surface area contributed by atoms with Crippen molar-refractivity contribution in [2.75, 3.05) is 0 Å². The van der Waals surface area contributed by atoms with Crippen molar-refractivity contribution in [1.29, 1.82) is 0 Å². The number of hydrogen-bond acceptors (Lipinski definition) is 4. The summed E-state index contributed by atoms with van der Waals surface area (Å²) in [6, 6.07) is 6.95. The van der Waals surface area contributed by atoms with Crippen molar-refractivity contribution in [3.8, 4) is 0 Å². The molecule has 0 bridgehead atoms. The van der Waals surface area contributed by atoms with E-state index in [2.05, 4.69) is 9.97 Å². The molecule has 1 fully saturated rings. The van der Waals surface area contributed by atoms with Gasteiger partial charge in [-0.3, -0.25) is 0 Å². The fourth-order valence-electron chi connectivity index (χ4n) is 2.90. The summed E-state index contributed by atoms with van der Waals surface area (Å²) in [5.74, 6) is 0.343. The Balaban J connectivity index is 2.02. The van der Waals surface area contributed by atoms with E-state index in [1.807, 2.05) is 6.07 Å². The molecule has 2 aromatic rings. The summed E-state index contributed by atoms with van der Waals surface area (Å²) in [5, 5.41) is 21.3. The molecule has 1 atom stereocenters. The van der Waals surface area contributed by atoms with Crippen LogP contribution in [0.5, 0.6) is 0 Å². The molecule has 0 spiro atoms. The Labute approximate surface area is 132 Å². The third-order valence-corrected chi connectivity index (χ3v) is 4.79. The van der Waals surface area contributed by atoms with Crippen LogP contribution in [0.4, 0.5) is 0 Å². The molecule has 0 radical (unpaired) electrons. The number of rotatable bonds is 3. The molecule has 1 heterocycles. The van der Waals surface area contributed by atoms with Crippen molar-refractivity contribution < 1.29 is 10.2 Å². The lowest BCUT2D eigenvalue weighted by Crippen LogP contribution is -2.49. The maximum absolute atomic E-state index is 10.7. The van der Waals surface area contributed by atoms with Crippen molar-refractivity contribution in [1.82, 2.24) is 9.97 Å². The number of nitrogens with zero attached hydrogens (tertiary/aromatic N) is 2. The first-order valence-corrected chi connectivity index (χ1v) is 7.37. The van der Waals surface area contributed by atoms with Gasteiger partial charge in [0.1, 0.15) is 6.10 Å². The molecule has 1 saturated carbocycles. The molecule has 110 valence electrons. The minimum absolute atomic E-state index is 0.343. The fraction of sp³-hybridized carbons (Fsp3) is 0.333. The van der Waals surface area contributed by atoms with Gasteiger partial charge in [0, 0.05) is 17.8 Å². The van der Waals surface area contributed by atoms with E-state index in [9.17, 15) is 10.2 Å². The van der Waals surface area contributed by atoms with E-state index in [4.69, 9.17) is 23.2 Å². The van der Waals surface area contributed by atoms with Gasteiger partial charge >= 0.3 is 0 Å². The van der Waals surface area contributed by atoms with Crippen LogP contribution in [0.1, 0.15) is 30.3 Å². The van der Waals surface area contributed by atoms with Crippen LogP contribution in [0.3, 0.4) is 0 Å². The molecule has 0 saturated heterocycles. The van der Waals surface area contributed by atoms with Crippen LogP contribution in [-0.4, -0.2) is 26.3 Å². The average Bonchev–Trinajstić information content (AvgIpc) is 2.47. The van der Waals surface area contributed by atoms with Gasteiger partial charge in [-0.05, 0) is 36.6 Å². The summed E-state index contributed by atoms with van der Waals surface area (Å²) in [4.78, 5) is 8.23. The van der Waals surface area contributed by atoms with Crippen molar-refractivity contribution in [3.05, 3.63) is 58.1 Å². The van der Waals surface area contributed by atoms with Crippen molar-refractivity contribution in [2.45, 2.75) is 30.5 Å². The first kappa shape index (κ1) is 14.7. The van der Waals surface area contributed by atoms with Crippen LogP contribution < -0.4 is 0 Å². The zero-order chi connectivity index (χ0) is 15.0. The fourth-order valence-corrected chi connectivity index (χ4v) is 3.20. The lowest BCUT2D eigenvalue weighted by Gasteiger charge is -2.48. The monoisotopic (exact) mass is 324 g/mol. The number of halogens is 2. The summed E-state index contributed by atoms with van der Waals surface area (Å²) in [7, 11) is 0. The highest BCUT2D eigenvalue weighted by Gasteiger charge is 2.51. The Morgan fingerprint density at radius 3 is 2.38 bits per heavy atom. The summed E-state index contributed by atoms with van der Waals surface area (Å²) < 4.78 is 0. The minimum Gasteiger partial charge on any atom is -0.393 e. The van der Waals surface area contributed by atoms with Crippen LogP contribution in [-0.2, 0) is 5.41 Å². The molecule has 21 heavy (non-hydrogen) atoms. The quantitative estimate of drug-likeness (QED) is 0.911. The van der Waals surface area contributed by atoms with E-state index in [0.29, 0.717) is 28.7 Å². The van der Waals surface area contributed by atoms with Gasteiger partial charge in [0.15, 0.2) is 5.82 Å². The molecule has 0 amide bonds. The number of aliphatic hydroxyl groups excluding tert-OH is 2. The molecule has 1 aliphatic carbocycles. The van der Waals surface area contributed by atoms with Gasteiger partial charge in [-0.25, -0.2) is 9.97 Å². The lowest BCUT2D eigenvalue weighted by atomic mass is 9.59. The molecular weight excluding hydrogens is 311 g/mol. The molecule has 3 rings (SSSR count). The Kier molecular flexibility index (Phi) is 3.88. The summed E-state index contributed by atoms with van der Waals surface area (Å²) >= 11 is 12.0. The first-order chi connectivity index (χ1) is 10.0. The van der Waals surface area contributed by atoms with E-state index < -0.39 is 17.6 Å². The minimum atomic E-state index is -0.903. The van der Waals surface area contributed by atoms with Crippen molar-refractivity contribution in [3.63, 3.8) is 0 Å². The summed E-state index contributed by atoms with van der Waals surface area (Å²) in [6.45, 7) is 0. The molecule has 6 heteroatoms. The zero-order valence-electron chi connectivity index (χ0n) is 11.1. The molecule has 1 aromatic heterocycles. The van der Waals surface area contributed by atoms with Crippen molar-refractivity contribution >= 4 is 23.2 Å². The van der Waals surface area contributed by atoms with E-state index in [1.165, 1.54) is 0 Å². The van der Waals surface area contributed by atoms with E-state index >= 15 is 0 Å². The second kappa shape index (κ2) is 5.54. The van der Waals surface area contributed by atoms with Crippen LogP contribution in [0, 0.1) is 0 Å². The smallest absolute Gasteiger partial charge is 0.157 e. The Morgan fingerprint density at radius 2 is 1.81 bits per heavy atom. The Hall–Kier alpha value is -1.20. The number of benzene rings is 1. The standard InChI is InChI=1S/C15H14Cl2N2O2/c16-11-3-2-9(6-12(11)17)15(7-10(20)8-15)13(21)14-18-4-1-5-19-14/h1-6,10,13,20-21H,7-8H2/t10?,13-,15?/m1/s1. The average molecular weight is 325 g/mol. The van der Waals surface area contributed by atoms with Gasteiger partial charge < -0.3 is 10.2 Å². The van der Waals surface area contributed by atoms with Gasteiger partial charge in [0.2, 0.25) is 0 Å². The van der Waals surface area contributed by atoms with Gasteiger partial charge in [0.25, 0.3) is 0 Å². The van der Waals surface area contributed by atoms with Gasteiger partial charge in [-0.1, -0.05) is 29.3 Å². The highest BCUT2D eigenvalue weighted by atomic mass is 35.5. The molecule has 0 aliphatic heterocycles. The summed E-state index contributed by atoms with van der Waals surface area (Å²) in [6.07, 6.45) is 2.69. The maximum atomic E-state index is 10.7. The van der Waals surface area contributed by atoms with Gasteiger partial charge in [-0.15, -0.1) is 0 Å². The normalized spacial score (nSPS) is 26.2. The maximum Gasteiger partial charge on any atom is 0.157 e. The molecule has 0 unspecified atom stereocenters. The number of aliphatic hydroxyl groups is 2. The van der Waals surface area contributed by atoms with E-state index in [1.54, 1.807) is 30.6 Å². The molecule has 1 aliphatic rings. The predicted octanol–water partition coefficient (Wildman–Crippen LogP) is 2.91. The Morgan fingerprint density at radius 1 is 1.14 bits per heavy atom. The van der Waals surface area contributed by atoms with Crippen LogP contribution in [0.15, 0.2) is 36.7 Å². The largest absolute Gasteiger partial charge is 0.393 e. The number of aromatic nitrogens is 2. The van der Waals surface area contributed by atoms with Gasteiger partial charge in [0.05, 0.1) is 16.1 Å². The molecule has 2 N–H and O–H groups in total. The SMILES string of the molecule is OC1CC(c2ccc(Cl)c(Cl)c2)([C@H](O)c2ncccn2)C1. The second-order valence-corrected chi connectivity index (χ2v) is 6.17. The summed E-state index contributed by atoms with van der Waals surface area (Å²) in [5.41, 5.74) is 0.205. The van der Waals surface area contributed by atoms with Crippen LogP contribution in [0.2, 0.25) is 10.0 Å². The van der Waals surface area contributed by atoms with Crippen LogP contribution in [0.25, 0.3) is 0 Å². The topological polar surface area (TPSA) is 66.2 Å². The predicted molar refractivity (Wildman–Crippen MR) is 80.4 cm³/mol. The Bertz CT molecular complexity index is 645. The lowest BCUT2D eigenvalue weighted by molar-refractivity contribution is -0.0607. The molecule has 4 nitrogen and oxygen atoms in total. The third-order valence-electron chi connectivity index (χ3n) is 4.05. The highest BCUT2D eigenvalue weighted by molar-refractivity contribution is 6.42. The van der Waals surface area contributed by atoms with Gasteiger partial charge in [-0.2, -0.15) is 0 Å². The zero-order valence-corrected chi connectivity index (χ0v) is 12.6.